The second-order valence-electron chi connectivity index (χ2n) is 5.24. The fourth-order valence-corrected chi connectivity index (χ4v) is 2.78. The standard InChI is InChI=1S/C17H18N2O/c18-14-10-8-13(9-11-14)17(20)19-16-7-3-5-12-4-1-2-6-15(12)16/h1-2,4,6,8-11,16H,3,5,7,18H2,(H,19,20). The number of nitrogens with two attached hydrogens (primary N) is 1. The number of carbonyl (C=O) groups excluding carboxylic acids is 1. The number of nitrogens with one attached hydrogen (secondary N) is 1. The van der Waals surface area contributed by atoms with E-state index in [9.17, 15) is 4.79 Å². The Morgan fingerprint density at radius 1 is 1.10 bits per heavy atom. The van der Waals surface area contributed by atoms with E-state index in [1.54, 1.807) is 24.3 Å². The molecule has 0 radical (unpaired) electrons. The van der Waals surface area contributed by atoms with Crippen LogP contribution < -0.4 is 11.1 Å². The molecule has 2 aromatic rings. The number of hydrogen-bond acceptors (Lipinski definition) is 2. The van der Waals surface area contributed by atoms with Gasteiger partial charge >= 0.3 is 0 Å². The van der Waals surface area contributed by atoms with Crippen molar-refractivity contribution < 1.29 is 4.79 Å². The zero-order valence-electron chi connectivity index (χ0n) is 11.3. The van der Waals surface area contributed by atoms with Crippen molar-refractivity contribution >= 4 is 11.6 Å². The number of fused-ring (bicyclic) bond motifs is 1. The van der Waals surface area contributed by atoms with Crippen LogP contribution in [0.15, 0.2) is 48.5 Å². The van der Waals surface area contributed by atoms with Crippen LogP contribution in [0.2, 0.25) is 0 Å². The van der Waals surface area contributed by atoms with Gasteiger partial charge in [-0.05, 0) is 54.7 Å². The molecule has 0 bridgehead atoms. The van der Waals surface area contributed by atoms with Gasteiger partial charge in [-0.1, -0.05) is 24.3 Å². The van der Waals surface area contributed by atoms with Gasteiger partial charge in [0.1, 0.15) is 0 Å². The van der Waals surface area contributed by atoms with Gasteiger partial charge in [-0.2, -0.15) is 0 Å². The molecular formula is C17H18N2O. The van der Waals surface area contributed by atoms with Gasteiger partial charge in [0, 0.05) is 11.3 Å². The molecule has 2 aromatic carbocycles. The average Bonchev–Trinajstić information content (AvgIpc) is 2.48. The van der Waals surface area contributed by atoms with Gasteiger partial charge in [0.05, 0.1) is 6.04 Å². The Labute approximate surface area is 118 Å². The van der Waals surface area contributed by atoms with Crippen LogP contribution in [0.1, 0.15) is 40.4 Å². The van der Waals surface area contributed by atoms with E-state index in [4.69, 9.17) is 5.73 Å². The second kappa shape index (κ2) is 5.37. The third kappa shape index (κ3) is 2.52. The van der Waals surface area contributed by atoms with Gasteiger partial charge in [-0.25, -0.2) is 0 Å². The first-order chi connectivity index (χ1) is 9.74. The van der Waals surface area contributed by atoms with Crippen molar-refractivity contribution in [3.63, 3.8) is 0 Å². The molecule has 0 saturated carbocycles. The maximum atomic E-state index is 12.3. The van der Waals surface area contributed by atoms with Gasteiger partial charge < -0.3 is 11.1 Å². The maximum Gasteiger partial charge on any atom is 0.251 e. The monoisotopic (exact) mass is 266 g/mol. The molecule has 1 aliphatic rings. The summed E-state index contributed by atoms with van der Waals surface area (Å²) in [6.45, 7) is 0. The summed E-state index contributed by atoms with van der Waals surface area (Å²) in [5, 5.41) is 3.13. The Bertz CT molecular complexity index is 619. The number of nitrogen functional groups attached to an aromatic ring is 1. The predicted molar refractivity (Wildman–Crippen MR) is 80.4 cm³/mol. The summed E-state index contributed by atoms with van der Waals surface area (Å²) in [6.07, 6.45) is 3.21. The Hall–Kier alpha value is -2.29. The number of benzene rings is 2. The lowest BCUT2D eigenvalue weighted by Crippen LogP contribution is -2.30. The molecular weight excluding hydrogens is 248 g/mol. The van der Waals surface area contributed by atoms with Crippen LogP contribution in [0.4, 0.5) is 5.69 Å². The zero-order valence-corrected chi connectivity index (χ0v) is 11.3. The molecule has 3 nitrogen and oxygen atoms in total. The van der Waals surface area contributed by atoms with E-state index in [0.717, 1.165) is 19.3 Å². The predicted octanol–water partition coefficient (Wildman–Crippen LogP) is 3.08. The number of carbonyl (C=O) groups is 1. The summed E-state index contributed by atoms with van der Waals surface area (Å²) >= 11 is 0. The molecule has 20 heavy (non-hydrogen) atoms. The van der Waals surface area contributed by atoms with E-state index in [2.05, 4.69) is 23.5 Å². The highest BCUT2D eigenvalue weighted by atomic mass is 16.1. The van der Waals surface area contributed by atoms with Crippen LogP contribution in [0.5, 0.6) is 0 Å². The van der Waals surface area contributed by atoms with Crippen molar-refractivity contribution in [3.05, 3.63) is 65.2 Å². The summed E-state index contributed by atoms with van der Waals surface area (Å²) in [5.41, 5.74) is 9.57. The van der Waals surface area contributed by atoms with E-state index in [-0.39, 0.29) is 11.9 Å². The molecule has 0 fully saturated rings. The largest absolute Gasteiger partial charge is 0.399 e. The topological polar surface area (TPSA) is 55.1 Å². The smallest absolute Gasteiger partial charge is 0.251 e. The lowest BCUT2D eigenvalue weighted by Gasteiger charge is -2.26. The Kier molecular flexibility index (Phi) is 3.42. The first kappa shape index (κ1) is 12.7. The summed E-state index contributed by atoms with van der Waals surface area (Å²) < 4.78 is 0. The SMILES string of the molecule is Nc1ccc(C(=O)NC2CCCc3ccccc32)cc1. The van der Waals surface area contributed by atoms with E-state index < -0.39 is 0 Å². The number of rotatable bonds is 2. The molecule has 3 rings (SSSR count). The molecule has 0 saturated heterocycles. The highest BCUT2D eigenvalue weighted by Crippen LogP contribution is 2.29. The number of amides is 1. The molecule has 0 spiro atoms. The summed E-state index contributed by atoms with van der Waals surface area (Å²) in [7, 11) is 0. The van der Waals surface area contributed by atoms with Crippen molar-refractivity contribution in [2.24, 2.45) is 0 Å². The number of hydrogen-bond donors (Lipinski definition) is 2. The van der Waals surface area contributed by atoms with Crippen LogP contribution in [-0.4, -0.2) is 5.91 Å². The molecule has 0 heterocycles. The van der Waals surface area contributed by atoms with E-state index >= 15 is 0 Å². The second-order valence-corrected chi connectivity index (χ2v) is 5.24. The van der Waals surface area contributed by atoms with E-state index in [0.29, 0.717) is 11.3 Å². The Morgan fingerprint density at radius 3 is 2.65 bits per heavy atom. The van der Waals surface area contributed by atoms with Gasteiger partial charge in [0.25, 0.3) is 5.91 Å². The molecule has 1 aliphatic carbocycles. The Morgan fingerprint density at radius 2 is 1.85 bits per heavy atom. The van der Waals surface area contributed by atoms with Crippen molar-refractivity contribution in [2.45, 2.75) is 25.3 Å². The zero-order chi connectivity index (χ0) is 13.9. The van der Waals surface area contributed by atoms with Crippen molar-refractivity contribution in [3.8, 4) is 0 Å². The molecule has 0 aromatic heterocycles. The highest BCUT2D eigenvalue weighted by molar-refractivity contribution is 5.94. The highest BCUT2D eigenvalue weighted by Gasteiger charge is 2.21. The van der Waals surface area contributed by atoms with Crippen LogP contribution in [0.3, 0.4) is 0 Å². The normalized spacial score (nSPS) is 17.3. The summed E-state index contributed by atoms with van der Waals surface area (Å²) in [6, 6.07) is 15.5. The minimum absolute atomic E-state index is 0.0355. The van der Waals surface area contributed by atoms with Crippen LogP contribution in [-0.2, 0) is 6.42 Å². The van der Waals surface area contributed by atoms with Crippen molar-refractivity contribution in [1.82, 2.24) is 5.32 Å². The van der Waals surface area contributed by atoms with Crippen LogP contribution in [0, 0.1) is 0 Å². The molecule has 1 amide bonds. The van der Waals surface area contributed by atoms with Gasteiger partial charge in [0.2, 0.25) is 0 Å². The van der Waals surface area contributed by atoms with E-state index in [1.807, 2.05) is 6.07 Å². The molecule has 3 heteroatoms. The average molecular weight is 266 g/mol. The molecule has 1 unspecified atom stereocenters. The van der Waals surface area contributed by atoms with Crippen molar-refractivity contribution in [1.29, 1.82) is 0 Å². The first-order valence-corrected chi connectivity index (χ1v) is 6.98. The van der Waals surface area contributed by atoms with E-state index in [1.165, 1.54) is 11.1 Å². The van der Waals surface area contributed by atoms with Crippen LogP contribution >= 0.6 is 0 Å². The number of anilines is 1. The van der Waals surface area contributed by atoms with Gasteiger partial charge in [0.15, 0.2) is 0 Å². The lowest BCUT2D eigenvalue weighted by molar-refractivity contribution is 0.0933. The van der Waals surface area contributed by atoms with Gasteiger partial charge in [-0.15, -0.1) is 0 Å². The minimum Gasteiger partial charge on any atom is -0.399 e. The maximum absolute atomic E-state index is 12.3. The first-order valence-electron chi connectivity index (χ1n) is 6.98. The lowest BCUT2D eigenvalue weighted by atomic mass is 9.87. The van der Waals surface area contributed by atoms with Crippen LogP contribution in [0.25, 0.3) is 0 Å². The molecule has 0 aliphatic heterocycles. The summed E-state index contributed by atoms with van der Waals surface area (Å²) in [5.74, 6) is -0.0355. The number of aryl methyl sites for hydroxylation is 1. The Balaban J connectivity index is 1.79. The fraction of sp³-hybridized carbons (Fsp3) is 0.235. The summed E-state index contributed by atoms with van der Waals surface area (Å²) in [4.78, 5) is 12.3. The third-order valence-electron chi connectivity index (χ3n) is 3.85. The molecule has 3 N–H and O–H groups in total. The fourth-order valence-electron chi connectivity index (χ4n) is 2.78. The van der Waals surface area contributed by atoms with Gasteiger partial charge in [-0.3, -0.25) is 4.79 Å². The van der Waals surface area contributed by atoms with Crippen molar-refractivity contribution in [2.75, 3.05) is 5.73 Å². The minimum atomic E-state index is -0.0355. The molecule has 1 atom stereocenters. The molecule has 102 valence electrons. The quantitative estimate of drug-likeness (QED) is 0.821. The third-order valence-corrected chi connectivity index (χ3v) is 3.85.